The molecule has 0 aromatic carbocycles. The fourth-order valence-electron chi connectivity index (χ4n) is 4.16. The summed E-state index contributed by atoms with van der Waals surface area (Å²) < 4.78 is 35.0. The molecule has 4 rings (SSSR count). The van der Waals surface area contributed by atoms with Crippen molar-refractivity contribution >= 4 is 34.6 Å². The molecule has 1 aromatic heterocycles. The molecule has 1 aromatic rings. The van der Waals surface area contributed by atoms with Gasteiger partial charge in [-0.15, -0.1) is 11.8 Å². The lowest BCUT2D eigenvalue weighted by molar-refractivity contribution is -0.0552. The SMILES string of the molecule is Cc1nc(OC(F)F)cnc1C(=O)NC1=CSC([C@]23CO[C@@H](C)C[C@H]2CSC(N)=N3)N1C. The van der Waals surface area contributed by atoms with E-state index in [4.69, 9.17) is 15.5 Å². The third-order valence-corrected chi connectivity index (χ3v) is 8.03. The molecular weight excluding hydrogens is 462 g/mol. The van der Waals surface area contributed by atoms with Gasteiger partial charge in [0.2, 0.25) is 5.88 Å². The number of amidine groups is 1. The van der Waals surface area contributed by atoms with Gasteiger partial charge in [0, 0.05) is 24.1 Å². The van der Waals surface area contributed by atoms with Crippen LogP contribution in [0.1, 0.15) is 29.5 Å². The molecule has 0 radical (unpaired) electrons. The lowest BCUT2D eigenvalue weighted by Gasteiger charge is -2.50. The highest BCUT2D eigenvalue weighted by Crippen LogP contribution is 2.48. The summed E-state index contributed by atoms with van der Waals surface area (Å²) in [5.74, 6) is 0.907. The van der Waals surface area contributed by atoms with Gasteiger partial charge < -0.3 is 25.4 Å². The van der Waals surface area contributed by atoms with Crippen LogP contribution in [0.15, 0.2) is 22.4 Å². The molecule has 13 heteroatoms. The lowest BCUT2D eigenvalue weighted by atomic mass is 9.79. The molecule has 3 aliphatic heterocycles. The van der Waals surface area contributed by atoms with Crippen LogP contribution in [0, 0.1) is 12.8 Å². The normalized spacial score (nSPS) is 29.9. The van der Waals surface area contributed by atoms with Gasteiger partial charge in [-0.05, 0) is 20.3 Å². The highest BCUT2D eigenvalue weighted by molar-refractivity contribution is 8.13. The first-order chi connectivity index (χ1) is 15.2. The zero-order valence-electron chi connectivity index (χ0n) is 17.7. The van der Waals surface area contributed by atoms with E-state index in [1.807, 2.05) is 17.4 Å². The summed E-state index contributed by atoms with van der Waals surface area (Å²) in [5, 5.41) is 5.13. The first-order valence-corrected chi connectivity index (χ1v) is 11.9. The van der Waals surface area contributed by atoms with Crippen LogP contribution in [0.2, 0.25) is 0 Å². The van der Waals surface area contributed by atoms with Crippen LogP contribution in [0.3, 0.4) is 0 Å². The van der Waals surface area contributed by atoms with E-state index in [0.29, 0.717) is 23.5 Å². The molecule has 4 atom stereocenters. The lowest BCUT2D eigenvalue weighted by Crippen LogP contribution is -2.61. The summed E-state index contributed by atoms with van der Waals surface area (Å²) in [6.45, 7) is 1.01. The largest absolute Gasteiger partial charge is 0.415 e. The average Bonchev–Trinajstić information content (AvgIpc) is 3.08. The Morgan fingerprint density at radius 3 is 3.00 bits per heavy atom. The molecule has 3 aliphatic rings. The number of halogens is 2. The number of alkyl halides is 2. The fourth-order valence-corrected chi connectivity index (χ4v) is 6.52. The number of nitrogens with two attached hydrogens (primary N) is 1. The molecule has 0 spiro atoms. The van der Waals surface area contributed by atoms with Crippen molar-refractivity contribution in [1.29, 1.82) is 0 Å². The van der Waals surface area contributed by atoms with Gasteiger partial charge >= 0.3 is 6.61 Å². The number of hydrogen-bond donors (Lipinski definition) is 2. The van der Waals surface area contributed by atoms with Crippen molar-refractivity contribution in [3.63, 3.8) is 0 Å². The predicted octanol–water partition coefficient (Wildman–Crippen LogP) is 2.15. The number of nitrogens with one attached hydrogen (secondary N) is 1. The Morgan fingerprint density at radius 1 is 1.50 bits per heavy atom. The number of carbonyl (C=O) groups is 1. The van der Waals surface area contributed by atoms with Gasteiger partial charge in [-0.1, -0.05) is 11.8 Å². The molecule has 32 heavy (non-hydrogen) atoms. The van der Waals surface area contributed by atoms with Crippen molar-refractivity contribution in [3.8, 4) is 5.88 Å². The number of carbonyl (C=O) groups excluding carboxylic acids is 1. The van der Waals surface area contributed by atoms with E-state index in [1.54, 1.807) is 23.5 Å². The third-order valence-electron chi connectivity index (χ3n) is 5.73. The van der Waals surface area contributed by atoms with Crippen LogP contribution in [0.25, 0.3) is 0 Å². The zero-order chi connectivity index (χ0) is 23.0. The van der Waals surface area contributed by atoms with Crippen molar-refractivity contribution in [2.75, 3.05) is 19.4 Å². The Morgan fingerprint density at radius 2 is 2.28 bits per heavy atom. The molecule has 4 heterocycles. The summed E-state index contributed by atoms with van der Waals surface area (Å²) >= 11 is 3.12. The van der Waals surface area contributed by atoms with Gasteiger partial charge in [-0.2, -0.15) is 8.78 Å². The van der Waals surface area contributed by atoms with E-state index in [2.05, 4.69) is 26.9 Å². The molecule has 0 aliphatic carbocycles. The van der Waals surface area contributed by atoms with Crippen LogP contribution in [0.5, 0.6) is 5.88 Å². The van der Waals surface area contributed by atoms with Crippen LogP contribution in [-0.2, 0) is 4.74 Å². The Kier molecular flexibility index (Phi) is 6.50. The van der Waals surface area contributed by atoms with Crippen molar-refractivity contribution in [2.24, 2.45) is 16.6 Å². The molecule has 1 saturated heterocycles. The quantitative estimate of drug-likeness (QED) is 0.646. The Balaban J connectivity index is 1.49. The highest BCUT2D eigenvalue weighted by Gasteiger charge is 2.54. The summed E-state index contributed by atoms with van der Waals surface area (Å²) in [5.41, 5.74) is 5.78. The number of thioether (sulfide) groups is 2. The third kappa shape index (κ3) is 4.37. The molecule has 9 nitrogen and oxygen atoms in total. The van der Waals surface area contributed by atoms with Gasteiger partial charge in [-0.3, -0.25) is 9.79 Å². The van der Waals surface area contributed by atoms with E-state index in [0.717, 1.165) is 18.4 Å². The highest BCUT2D eigenvalue weighted by atomic mass is 32.2. The summed E-state index contributed by atoms with van der Waals surface area (Å²) in [7, 11) is 1.88. The molecular formula is C19H24F2N6O3S2. The average molecular weight is 487 g/mol. The van der Waals surface area contributed by atoms with Gasteiger partial charge in [0.1, 0.15) is 22.4 Å². The van der Waals surface area contributed by atoms with E-state index >= 15 is 0 Å². The first-order valence-electron chi connectivity index (χ1n) is 9.97. The van der Waals surface area contributed by atoms with E-state index in [1.165, 1.54) is 6.92 Å². The minimum Gasteiger partial charge on any atom is -0.415 e. The molecule has 3 N–H and O–H groups in total. The number of aliphatic imine (C=N–C) groups is 1. The van der Waals surface area contributed by atoms with E-state index in [-0.39, 0.29) is 28.7 Å². The molecule has 174 valence electrons. The Bertz CT molecular complexity index is 965. The van der Waals surface area contributed by atoms with Crippen molar-refractivity contribution in [3.05, 3.63) is 28.8 Å². The van der Waals surface area contributed by atoms with Crippen LogP contribution in [-0.4, -0.2) is 69.0 Å². The minimum atomic E-state index is -3.01. The molecule has 1 amide bonds. The Labute approximate surface area is 192 Å². The van der Waals surface area contributed by atoms with Crippen LogP contribution < -0.4 is 15.8 Å². The minimum absolute atomic E-state index is 0.0246. The number of amides is 1. The topological polar surface area (TPSA) is 115 Å². The number of rotatable bonds is 5. The summed E-state index contributed by atoms with van der Waals surface area (Å²) in [4.78, 5) is 27.4. The maximum atomic E-state index is 12.8. The smallest absolute Gasteiger partial charge is 0.388 e. The predicted molar refractivity (Wildman–Crippen MR) is 118 cm³/mol. The van der Waals surface area contributed by atoms with Crippen molar-refractivity contribution in [2.45, 2.75) is 43.9 Å². The second-order valence-corrected chi connectivity index (χ2v) is 9.88. The van der Waals surface area contributed by atoms with Crippen LogP contribution >= 0.6 is 23.5 Å². The zero-order valence-corrected chi connectivity index (χ0v) is 19.4. The maximum absolute atomic E-state index is 12.8. The molecule has 0 saturated carbocycles. The van der Waals surface area contributed by atoms with Crippen molar-refractivity contribution < 1.29 is 23.0 Å². The maximum Gasteiger partial charge on any atom is 0.388 e. The number of aromatic nitrogens is 2. The van der Waals surface area contributed by atoms with E-state index < -0.39 is 18.1 Å². The summed E-state index contributed by atoms with van der Waals surface area (Å²) in [6, 6.07) is 0. The van der Waals surface area contributed by atoms with Crippen LogP contribution in [0.4, 0.5) is 8.78 Å². The van der Waals surface area contributed by atoms with Gasteiger partial charge in [0.05, 0.1) is 24.6 Å². The molecule has 1 fully saturated rings. The van der Waals surface area contributed by atoms with Gasteiger partial charge in [0.25, 0.3) is 5.91 Å². The summed E-state index contributed by atoms with van der Waals surface area (Å²) in [6.07, 6.45) is 2.04. The number of nitrogens with zero attached hydrogens (tertiary/aromatic N) is 4. The Hall–Kier alpha value is -2.12. The first kappa shape index (κ1) is 23.1. The number of likely N-dealkylation sites (N-methyl/N-ethyl adjacent to an activating group) is 1. The van der Waals surface area contributed by atoms with Gasteiger partial charge in [0.15, 0.2) is 5.17 Å². The standard InChI is InChI=1S/C19H24F2N6O3S2/c1-9-4-11-6-32-18(22)26-19(11,8-29-9)16-27(3)12(7-31-16)25-15(28)14-10(2)24-13(5-23-14)30-17(20)21/h5,7,9,11,16-17H,4,6,8H2,1-3H3,(H2,22,26)(H,25,28)/t9-,11-,16?,19-/m0/s1. The van der Waals surface area contributed by atoms with Crippen molar-refractivity contribution in [1.82, 2.24) is 20.2 Å². The number of fused-ring (bicyclic) bond motifs is 1. The molecule has 0 bridgehead atoms. The second-order valence-electron chi connectivity index (χ2n) is 7.88. The number of aryl methyl sites for hydroxylation is 1. The van der Waals surface area contributed by atoms with Gasteiger partial charge in [-0.25, -0.2) is 9.97 Å². The number of hydrogen-bond acceptors (Lipinski definition) is 10. The monoisotopic (exact) mass is 486 g/mol. The number of ether oxygens (including phenoxy) is 2. The van der Waals surface area contributed by atoms with E-state index in [9.17, 15) is 13.6 Å². The fraction of sp³-hybridized carbons (Fsp3) is 0.579. The second kappa shape index (κ2) is 9.02. The molecule has 1 unspecified atom stereocenters.